The second-order valence-electron chi connectivity index (χ2n) is 5.53. The lowest BCUT2D eigenvalue weighted by Crippen LogP contribution is -2.15. The SMILES string of the molecule is CCCNCc1cccc(Cl)c1OCCCC1CCCO1. The molecule has 21 heavy (non-hydrogen) atoms. The fourth-order valence-corrected chi connectivity index (χ4v) is 2.86. The Morgan fingerprint density at radius 2 is 2.33 bits per heavy atom. The lowest BCUT2D eigenvalue weighted by Gasteiger charge is -2.14. The van der Waals surface area contributed by atoms with Gasteiger partial charge in [-0.05, 0) is 44.7 Å². The molecule has 0 radical (unpaired) electrons. The van der Waals surface area contributed by atoms with Crippen LogP contribution in [-0.2, 0) is 11.3 Å². The highest BCUT2D eigenvalue weighted by molar-refractivity contribution is 6.32. The molecule has 0 saturated carbocycles. The van der Waals surface area contributed by atoms with Gasteiger partial charge in [0.25, 0.3) is 0 Å². The Morgan fingerprint density at radius 1 is 1.43 bits per heavy atom. The largest absolute Gasteiger partial charge is 0.492 e. The number of rotatable bonds is 9. The molecule has 1 aliphatic heterocycles. The van der Waals surface area contributed by atoms with Gasteiger partial charge in [-0.25, -0.2) is 0 Å². The maximum Gasteiger partial charge on any atom is 0.142 e. The first-order chi connectivity index (χ1) is 10.3. The Kier molecular flexibility index (Phi) is 7.34. The van der Waals surface area contributed by atoms with E-state index >= 15 is 0 Å². The van der Waals surface area contributed by atoms with Gasteiger partial charge in [0.05, 0.1) is 17.7 Å². The number of nitrogens with one attached hydrogen (secondary N) is 1. The minimum absolute atomic E-state index is 0.436. The summed E-state index contributed by atoms with van der Waals surface area (Å²) in [4.78, 5) is 0. The summed E-state index contributed by atoms with van der Waals surface area (Å²) in [6.07, 6.45) is 6.04. The second kappa shape index (κ2) is 9.29. The summed E-state index contributed by atoms with van der Waals surface area (Å²) in [5, 5.41) is 4.09. The van der Waals surface area contributed by atoms with Crippen molar-refractivity contribution in [1.82, 2.24) is 5.32 Å². The van der Waals surface area contributed by atoms with E-state index in [4.69, 9.17) is 21.1 Å². The van der Waals surface area contributed by atoms with Crippen molar-refractivity contribution in [3.05, 3.63) is 28.8 Å². The maximum atomic E-state index is 6.27. The summed E-state index contributed by atoms with van der Waals surface area (Å²) in [5.41, 5.74) is 1.13. The zero-order valence-electron chi connectivity index (χ0n) is 12.9. The molecule has 1 aromatic carbocycles. The van der Waals surface area contributed by atoms with E-state index in [2.05, 4.69) is 18.3 Å². The van der Waals surface area contributed by atoms with Crippen molar-refractivity contribution in [2.45, 2.75) is 51.7 Å². The van der Waals surface area contributed by atoms with Crippen LogP contribution < -0.4 is 10.1 Å². The summed E-state index contributed by atoms with van der Waals surface area (Å²) in [5.74, 6) is 0.829. The molecule has 3 nitrogen and oxygen atoms in total. The fourth-order valence-electron chi connectivity index (χ4n) is 2.61. The van der Waals surface area contributed by atoms with Crippen LogP contribution >= 0.6 is 11.6 Å². The van der Waals surface area contributed by atoms with Crippen LogP contribution in [0.15, 0.2) is 18.2 Å². The van der Waals surface area contributed by atoms with Gasteiger partial charge in [0, 0.05) is 18.7 Å². The number of ether oxygens (including phenoxy) is 2. The molecule has 0 aromatic heterocycles. The Bertz CT molecular complexity index is 419. The van der Waals surface area contributed by atoms with E-state index in [1.165, 1.54) is 12.8 Å². The second-order valence-corrected chi connectivity index (χ2v) is 5.94. The average Bonchev–Trinajstić information content (AvgIpc) is 2.99. The molecule has 0 amide bonds. The highest BCUT2D eigenvalue weighted by Gasteiger charge is 2.15. The van der Waals surface area contributed by atoms with E-state index in [1.807, 2.05) is 12.1 Å². The van der Waals surface area contributed by atoms with Gasteiger partial charge in [-0.3, -0.25) is 0 Å². The molecule has 1 unspecified atom stereocenters. The maximum absolute atomic E-state index is 6.27. The first kappa shape index (κ1) is 16.6. The molecule has 4 heteroatoms. The smallest absolute Gasteiger partial charge is 0.142 e. The van der Waals surface area contributed by atoms with E-state index in [-0.39, 0.29) is 0 Å². The molecule has 1 aliphatic rings. The summed E-state index contributed by atoms with van der Waals surface area (Å²) in [6, 6.07) is 5.94. The molecule has 2 rings (SSSR count). The molecule has 1 saturated heterocycles. The van der Waals surface area contributed by atoms with E-state index in [0.29, 0.717) is 17.7 Å². The zero-order chi connectivity index (χ0) is 14.9. The number of halogens is 1. The van der Waals surface area contributed by atoms with Gasteiger partial charge in [0.15, 0.2) is 0 Å². The lowest BCUT2D eigenvalue weighted by atomic mass is 10.1. The van der Waals surface area contributed by atoms with E-state index in [9.17, 15) is 0 Å². The average molecular weight is 312 g/mol. The molecule has 0 aliphatic carbocycles. The van der Waals surface area contributed by atoms with Crippen molar-refractivity contribution in [1.29, 1.82) is 0 Å². The van der Waals surface area contributed by atoms with Crippen LogP contribution in [0.4, 0.5) is 0 Å². The summed E-state index contributed by atoms with van der Waals surface area (Å²) >= 11 is 6.27. The van der Waals surface area contributed by atoms with E-state index < -0.39 is 0 Å². The molecule has 1 atom stereocenters. The van der Waals surface area contributed by atoms with E-state index in [1.54, 1.807) is 0 Å². The third kappa shape index (κ3) is 5.50. The van der Waals surface area contributed by atoms with Gasteiger partial charge in [-0.2, -0.15) is 0 Å². The molecule has 1 heterocycles. The summed E-state index contributed by atoms with van der Waals surface area (Å²) in [6.45, 7) is 5.58. The monoisotopic (exact) mass is 311 g/mol. The van der Waals surface area contributed by atoms with Crippen LogP contribution in [0.1, 0.15) is 44.6 Å². The van der Waals surface area contributed by atoms with Gasteiger partial charge in [-0.1, -0.05) is 30.7 Å². The third-order valence-corrected chi connectivity index (χ3v) is 4.03. The van der Waals surface area contributed by atoms with E-state index in [0.717, 1.165) is 50.3 Å². The Hall–Kier alpha value is -0.770. The fraction of sp³-hybridized carbons (Fsp3) is 0.647. The van der Waals surface area contributed by atoms with Crippen molar-refractivity contribution >= 4 is 11.6 Å². The quantitative estimate of drug-likeness (QED) is 0.694. The number of hydrogen-bond donors (Lipinski definition) is 1. The molecular weight excluding hydrogens is 286 g/mol. The Labute approximate surface area is 133 Å². The molecular formula is C17H26ClNO2. The molecule has 0 spiro atoms. The zero-order valence-corrected chi connectivity index (χ0v) is 13.6. The highest BCUT2D eigenvalue weighted by atomic mass is 35.5. The standard InChI is InChI=1S/C17H26ClNO2/c1-2-10-19-13-14-6-3-9-16(18)17(14)21-12-5-8-15-7-4-11-20-15/h3,6,9,15,19H,2,4-5,7-8,10-13H2,1H3. The Morgan fingerprint density at radius 3 is 3.10 bits per heavy atom. The third-order valence-electron chi connectivity index (χ3n) is 3.73. The normalized spacial score (nSPS) is 18.1. The van der Waals surface area contributed by atoms with Gasteiger partial charge >= 0.3 is 0 Å². The van der Waals surface area contributed by atoms with Gasteiger partial charge < -0.3 is 14.8 Å². The van der Waals surface area contributed by atoms with Crippen molar-refractivity contribution < 1.29 is 9.47 Å². The van der Waals surface area contributed by atoms with Crippen LogP contribution in [0.5, 0.6) is 5.75 Å². The predicted octanol–water partition coefficient (Wildman–Crippen LogP) is 4.18. The van der Waals surface area contributed by atoms with Crippen molar-refractivity contribution in [3.8, 4) is 5.75 Å². The summed E-state index contributed by atoms with van der Waals surface area (Å²) in [7, 11) is 0. The molecule has 1 fully saturated rings. The number of para-hydroxylation sites is 1. The van der Waals surface area contributed by atoms with Crippen LogP contribution in [0.3, 0.4) is 0 Å². The topological polar surface area (TPSA) is 30.5 Å². The van der Waals surface area contributed by atoms with Gasteiger partial charge in [-0.15, -0.1) is 0 Å². The molecule has 118 valence electrons. The number of benzene rings is 1. The molecule has 0 bridgehead atoms. The van der Waals surface area contributed by atoms with Crippen LogP contribution in [0, 0.1) is 0 Å². The highest BCUT2D eigenvalue weighted by Crippen LogP contribution is 2.29. The van der Waals surface area contributed by atoms with Gasteiger partial charge in [0.2, 0.25) is 0 Å². The minimum atomic E-state index is 0.436. The van der Waals surface area contributed by atoms with Crippen LogP contribution in [0.25, 0.3) is 0 Å². The summed E-state index contributed by atoms with van der Waals surface area (Å²) < 4.78 is 11.6. The first-order valence-electron chi connectivity index (χ1n) is 8.03. The first-order valence-corrected chi connectivity index (χ1v) is 8.41. The minimum Gasteiger partial charge on any atom is -0.492 e. The Balaban J connectivity index is 1.79. The van der Waals surface area contributed by atoms with Crippen molar-refractivity contribution in [2.24, 2.45) is 0 Å². The van der Waals surface area contributed by atoms with Crippen LogP contribution in [-0.4, -0.2) is 25.9 Å². The molecule has 1 N–H and O–H groups in total. The molecule has 1 aromatic rings. The predicted molar refractivity (Wildman–Crippen MR) is 87.2 cm³/mol. The van der Waals surface area contributed by atoms with Crippen molar-refractivity contribution in [3.63, 3.8) is 0 Å². The number of hydrogen-bond acceptors (Lipinski definition) is 3. The van der Waals surface area contributed by atoms with Gasteiger partial charge in [0.1, 0.15) is 5.75 Å². The lowest BCUT2D eigenvalue weighted by molar-refractivity contribution is 0.0981. The van der Waals surface area contributed by atoms with Crippen LogP contribution in [0.2, 0.25) is 5.02 Å². The van der Waals surface area contributed by atoms with Crippen molar-refractivity contribution in [2.75, 3.05) is 19.8 Å².